The minimum atomic E-state index is 0.212. The Hall–Kier alpha value is -0.540. The molecule has 66 valence electrons. The highest BCUT2D eigenvalue weighted by Crippen LogP contribution is 1.93. The summed E-state index contributed by atoms with van der Waals surface area (Å²) in [5, 5.41) is 17.1. The molecule has 0 saturated heterocycles. The zero-order valence-corrected chi connectivity index (χ0v) is 6.87. The van der Waals surface area contributed by atoms with Crippen molar-refractivity contribution in [3.05, 3.63) is 12.8 Å². The number of aliphatic hydroxyl groups is 2. The van der Waals surface area contributed by atoms with Gasteiger partial charge in [0.1, 0.15) is 0 Å². The molecule has 0 rings (SSSR count). The number of rotatable bonds is 7. The van der Waals surface area contributed by atoms with Gasteiger partial charge in [-0.2, -0.15) is 0 Å². The molecule has 0 aliphatic heterocycles. The van der Waals surface area contributed by atoms with E-state index < -0.39 is 0 Å². The Kier molecular flexibility index (Phi) is 7.19. The first-order valence-electron chi connectivity index (χ1n) is 3.93. The number of hydrogen-bond donors (Lipinski definition) is 2. The molecule has 0 fully saturated rings. The van der Waals surface area contributed by atoms with Crippen molar-refractivity contribution in [2.45, 2.75) is 12.8 Å². The summed E-state index contributed by atoms with van der Waals surface area (Å²) in [7, 11) is 0. The molecule has 0 aromatic carbocycles. The molecule has 3 nitrogen and oxygen atoms in total. The molecule has 0 unspecified atom stereocenters. The number of nitrogens with zero attached hydrogens (tertiary/aromatic N) is 1. The molecule has 0 atom stereocenters. The lowest BCUT2D eigenvalue weighted by Gasteiger charge is -2.18. The molecule has 0 spiro atoms. The van der Waals surface area contributed by atoms with E-state index >= 15 is 0 Å². The van der Waals surface area contributed by atoms with Crippen LogP contribution in [0.15, 0.2) is 12.8 Å². The summed E-state index contributed by atoms with van der Waals surface area (Å²) >= 11 is 0. The maximum absolute atomic E-state index is 8.53. The minimum Gasteiger partial charge on any atom is -0.396 e. The fourth-order valence-corrected chi connectivity index (χ4v) is 0.842. The van der Waals surface area contributed by atoms with Crippen molar-refractivity contribution in [1.29, 1.82) is 0 Å². The molecule has 0 radical (unpaired) electrons. The van der Waals surface area contributed by atoms with Crippen LogP contribution < -0.4 is 0 Å². The van der Waals surface area contributed by atoms with Crippen molar-refractivity contribution in [3.8, 4) is 0 Å². The van der Waals surface area contributed by atoms with Crippen LogP contribution in [0.2, 0.25) is 0 Å². The predicted octanol–water partition coefficient (Wildman–Crippen LogP) is 0.197. The monoisotopic (exact) mass is 159 g/mol. The Morgan fingerprint density at radius 1 is 1.09 bits per heavy atom. The smallest absolute Gasteiger partial charge is 0.0447 e. The van der Waals surface area contributed by atoms with E-state index in [2.05, 4.69) is 6.58 Å². The van der Waals surface area contributed by atoms with Gasteiger partial charge in [0, 0.05) is 26.3 Å². The summed E-state index contributed by atoms with van der Waals surface area (Å²) < 4.78 is 0. The molecule has 2 N–H and O–H groups in total. The maximum atomic E-state index is 8.53. The molecule has 0 heterocycles. The molecule has 0 aromatic rings. The number of aliphatic hydroxyl groups excluding tert-OH is 2. The Labute approximate surface area is 68.0 Å². The molecule has 0 bridgehead atoms. The van der Waals surface area contributed by atoms with Gasteiger partial charge >= 0.3 is 0 Å². The van der Waals surface area contributed by atoms with E-state index in [1.165, 1.54) is 0 Å². The van der Waals surface area contributed by atoms with Gasteiger partial charge in [0.05, 0.1) is 0 Å². The van der Waals surface area contributed by atoms with Gasteiger partial charge < -0.3 is 15.1 Å². The summed E-state index contributed by atoms with van der Waals surface area (Å²) in [4.78, 5) is 1.99. The van der Waals surface area contributed by atoms with E-state index in [-0.39, 0.29) is 13.2 Å². The highest BCUT2D eigenvalue weighted by molar-refractivity contribution is 4.70. The maximum Gasteiger partial charge on any atom is 0.0447 e. The van der Waals surface area contributed by atoms with Crippen LogP contribution >= 0.6 is 0 Å². The van der Waals surface area contributed by atoms with Gasteiger partial charge in [-0.3, -0.25) is 0 Å². The van der Waals surface area contributed by atoms with Crippen LogP contribution in [-0.2, 0) is 0 Å². The van der Waals surface area contributed by atoms with Crippen LogP contribution in [-0.4, -0.2) is 41.4 Å². The van der Waals surface area contributed by atoms with Crippen LogP contribution in [0.3, 0.4) is 0 Å². The molecular weight excluding hydrogens is 142 g/mol. The molecule has 0 aliphatic rings. The van der Waals surface area contributed by atoms with Crippen molar-refractivity contribution in [2.75, 3.05) is 26.3 Å². The van der Waals surface area contributed by atoms with Gasteiger partial charge in [-0.1, -0.05) is 6.58 Å². The topological polar surface area (TPSA) is 43.7 Å². The van der Waals surface area contributed by atoms with E-state index in [1.807, 2.05) is 4.90 Å². The fourth-order valence-electron chi connectivity index (χ4n) is 0.842. The SMILES string of the molecule is C=CN(CCCO)CCCO. The second-order valence-corrected chi connectivity index (χ2v) is 2.37. The quantitative estimate of drug-likeness (QED) is 0.557. The lowest BCUT2D eigenvalue weighted by atomic mass is 10.3. The third kappa shape index (κ3) is 5.88. The first-order chi connectivity index (χ1) is 5.35. The van der Waals surface area contributed by atoms with E-state index in [0.717, 1.165) is 25.9 Å². The summed E-state index contributed by atoms with van der Waals surface area (Å²) in [5.41, 5.74) is 0. The van der Waals surface area contributed by atoms with Crippen LogP contribution in [0, 0.1) is 0 Å². The Morgan fingerprint density at radius 2 is 1.55 bits per heavy atom. The van der Waals surface area contributed by atoms with E-state index in [9.17, 15) is 0 Å². The first-order valence-corrected chi connectivity index (χ1v) is 3.93. The van der Waals surface area contributed by atoms with Crippen LogP contribution in [0.25, 0.3) is 0 Å². The van der Waals surface area contributed by atoms with Crippen LogP contribution in [0.5, 0.6) is 0 Å². The van der Waals surface area contributed by atoms with Crippen molar-refractivity contribution in [1.82, 2.24) is 4.90 Å². The summed E-state index contributed by atoms with van der Waals surface area (Å²) in [6, 6.07) is 0. The Balaban J connectivity index is 3.33. The third-order valence-corrected chi connectivity index (χ3v) is 1.47. The average molecular weight is 159 g/mol. The normalized spacial score (nSPS) is 9.64. The van der Waals surface area contributed by atoms with Gasteiger partial charge in [-0.25, -0.2) is 0 Å². The molecule has 0 aromatic heterocycles. The van der Waals surface area contributed by atoms with Gasteiger partial charge in [0.25, 0.3) is 0 Å². The second kappa shape index (κ2) is 7.57. The van der Waals surface area contributed by atoms with Crippen molar-refractivity contribution >= 4 is 0 Å². The summed E-state index contributed by atoms with van der Waals surface area (Å²) in [6.07, 6.45) is 3.26. The Morgan fingerprint density at radius 3 is 1.82 bits per heavy atom. The largest absolute Gasteiger partial charge is 0.396 e. The lowest BCUT2D eigenvalue weighted by Crippen LogP contribution is -2.21. The van der Waals surface area contributed by atoms with Crippen molar-refractivity contribution in [3.63, 3.8) is 0 Å². The first kappa shape index (κ1) is 10.5. The van der Waals surface area contributed by atoms with Gasteiger partial charge in [0.15, 0.2) is 0 Å². The highest BCUT2D eigenvalue weighted by atomic mass is 16.3. The van der Waals surface area contributed by atoms with Crippen LogP contribution in [0.1, 0.15) is 12.8 Å². The van der Waals surface area contributed by atoms with E-state index in [4.69, 9.17) is 10.2 Å². The van der Waals surface area contributed by atoms with E-state index in [0.29, 0.717) is 0 Å². The van der Waals surface area contributed by atoms with Gasteiger partial charge in [0.2, 0.25) is 0 Å². The predicted molar refractivity (Wildman–Crippen MR) is 45.2 cm³/mol. The molecule has 3 heteroatoms. The van der Waals surface area contributed by atoms with Crippen molar-refractivity contribution in [2.24, 2.45) is 0 Å². The minimum absolute atomic E-state index is 0.212. The Bertz CT molecular complexity index is 88.1. The third-order valence-electron chi connectivity index (χ3n) is 1.47. The summed E-state index contributed by atoms with van der Waals surface area (Å²) in [5.74, 6) is 0. The van der Waals surface area contributed by atoms with Gasteiger partial charge in [-0.15, -0.1) is 0 Å². The number of hydrogen-bond acceptors (Lipinski definition) is 3. The second-order valence-electron chi connectivity index (χ2n) is 2.37. The molecule has 0 saturated carbocycles. The standard InChI is InChI=1S/C8H17NO2/c1-2-9(5-3-7-10)6-4-8-11/h2,10-11H,1,3-8H2. The molecule has 0 aliphatic carbocycles. The summed E-state index contributed by atoms with van der Waals surface area (Å²) in [6.45, 7) is 5.69. The average Bonchev–Trinajstić information content (AvgIpc) is 2.05. The molecule has 0 amide bonds. The van der Waals surface area contributed by atoms with Crippen molar-refractivity contribution < 1.29 is 10.2 Å². The molecule has 11 heavy (non-hydrogen) atoms. The zero-order valence-electron chi connectivity index (χ0n) is 6.87. The zero-order chi connectivity index (χ0) is 8.53. The lowest BCUT2D eigenvalue weighted by molar-refractivity contribution is 0.237. The van der Waals surface area contributed by atoms with E-state index in [1.54, 1.807) is 6.20 Å². The fraction of sp³-hybridized carbons (Fsp3) is 0.750. The molecular formula is C8H17NO2. The highest BCUT2D eigenvalue weighted by Gasteiger charge is 1.95. The van der Waals surface area contributed by atoms with Crippen LogP contribution in [0.4, 0.5) is 0 Å². The van der Waals surface area contributed by atoms with Gasteiger partial charge in [-0.05, 0) is 19.0 Å².